The molecule has 3 aromatic carbocycles. The van der Waals surface area contributed by atoms with Gasteiger partial charge in [0.05, 0.1) is 12.0 Å². The van der Waals surface area contributed by atoms with Crippen molar-refractivity contribution in [1.29, 1.82) is 0 Å². The molecule has 45 heavy (non-hydrogen) atoms. The molecule has 0 aliphatic carbocycles. The summed E-state index contributed by atoms with van der Waals surface area (Å²) in [6.45, 7) is 4.08. The topological polar surface area (TPSA) is 103 Å². The third-order valence-corrected chi connectivity index (χ3v) is 9.87. The fraction of sp³-hybridized carbons (Fsp3) is 0.200. The minimum atomic E-state index is -3.81. The predicted molar refractivity (Wildman–Crippen MR) is 179 cm³/mol. The number of benzene rings is 3. The number of nitrogens with one attached hydrogen (secondary N) is 1. The van der Waals surface area contributed by atoms with Gasteiger partial charge in [-0.05, 0) is 68.5 Å². The third kappa shape index (κ3) is 5.70. The van der Waals surface area contributed by atoms with Crippen molar-refractivity contribution in [3.05, 3.63) is 103 Å². The number of likely N-dealkylation sites (N-methyl/N-ethyl adjacent to an activating group) is 2. The average molecular weight is 622 g/mol. The predicted octanol–water partition coefficient (Wildman–Crippen LogP) is 6.49. The molecule has 0 saturated carbocycles. The maximum absolute atomic E-state index is 13.3. The van der Waals surface area contributed by atoms with E-state index in [1.165, 1.54) is 29.9 Å². The van der Waals surface area contributed by atoms with Crippen LogP contribution in [0.1, 0.15) is 17.3 Å². The largest absolute Gasteiger partial charge is 0.471 e. The molecule has 0 aliphatic rings. The zero-order chi connectivity index (χ0) is 31.7. The van der Waals surface area contributed by atoms with Gasteiger partial charge < -0.3 is 19.2 Å². The maximum atomic E-state index is 13.3. The normalized spacial score (nSPS) is 11.8. The fourth-order valence-corrected chi connectivity index (χ4v) is 6.67. The summed E-state index contributed by atoms with van der Waals surface area (Å²) in [6.07, 6.45) is 4.42. The molecule has 1 amide bonds. The Morgan fingerprint density at radius 1 is 0.911 bits per heavy atom. The summed E-state index contributed by atoms with van der Waals surface area (Å²) in [5, 5.41) is 1.72. The minimum Gasteiger partial charge on any atom is -0.471 e. The zero-order valence-electron chi connectivity index (χ0n) is 25.7. The number of aromatic nitrogens is 2. The second-order valence-corrected chi connectivity index (χ2v) is 13.2. The Kier molecular flexibility index (Phi) is 8.18. The van der Waals surface area contributed by atoms with E-state index in [1.807, 2.05) is 86.7 Å². The first-order valence-corrected chi connectivity index (χ1v) is 16.2. The van der Waals surface area contributed by atoms with Crippen molar-refractivity contribution < 1.29 is 17.6 Å². The lowest BCUT2D eigenvalue weighted by molar-refractivity contribution is 0.0754. The Morgan fingerprint density at radius 3 is 2.33 bits per heavy atom. The van der Waals surface area contributed by atoms with E-state index in [1.54, 1.807) is 6.07 Å². The number of H-pyrrole nitrogens is 1. The minimum absolute atomic E-state index is 0.00131. The van der Waals surface area contributed by atoms with Crippen LogP contribution in [-0.4, -0.2) is 74.9 Å². The number of anilines is 1. The van der Waals surface area contributed by atoms with Gasteiger partial charge in [0.2, 0.25) is 0 Å². The standard InChI is InChI=1S/C35H35N5O4S/c1-5-40(19-18-38(2)3)35(41)26-13-11-24(12-14-26)30-22-36-34-33(32(30)25-9-7-6-8-10-25)29-21-27(15-16-31(29)37-34)39(4)45(42,43)28-17-20-44-23-28/h6-17,20-23H,5,18-19H2,1-4H3,(H,36,37). The van der Waals surface area contributed by atoms with Crippen LogP contribution in [0, 0.1) is 0 Å². The number of hydrogen-bond donors (Lipinski definition) is 1. The van der Waals surface area contributed by atoms with Gasteiger partial charge in [-0.25, -0.2) is 13.4 Å². The van der Waals surface area contributed by atoms with Gasteiger partial charge in [0.15, 0.2) is 0 Å². The van der Waals surface area contributed by atoms with Crippen molar-refractivity contribution in [2.75, 3.05) is 45.1 Å². The monoisotopic (exact) mass is 621 g/mol. The summed E-state index contributed by atoms with van der Waals surface area (Å²) in [5.74, 6) is 0.00131. The lowest BCUT2D eigenvalue weighted by Gasteiger charge is -2.23. The maximum Gasteiger partial charge on any atom is 0.267 e. The number of nitrogens with zero attached hydrogens (tertiary/aromatic N) is 4. The summed E-state index contributed by atoms with van der Waals surface area (Å²) < 4.78 is 32.8. The first-order valence-electron chi connectivity index (χ1n) is 14.7. The van der Waals surface area contributed by atoms with Crippen LogP contribution >= 0.6 is 0 Å². The van der Waals surface area contributed by atoms with Crippen molar-refractivity contribution in [1.82, 2.24) is 19.8 Å². The molecule has 0 unspecified atom stereocenters. The number of amides is 1. The number of carbonyl (C=O) groups excluding carboxylic acids is 1. The first kappa shape index (κ1) is 30.1. The SMILES string of the molecule is CCN(CCN(C)C)C(=O)c1ccc(-c2cnc3[nH]c4ccc(N(C)S(=O)(=O)c5ccoc5)cc4c3c2-c2ccccc2)cc1. The number of sulfonamides is 1. The van der Waals surface area contributed by atoms with Gasteiger partial charge in [-0.1, -0.05) is 42.5 Å². The molecule has 0 fully saturated rings. The Bertz CT molecular complexity index is 2070. The summed E-state index contributed by atoms with van der Waals surface area (Å²) in [6, 6.07) is 24.7. The van der Waals surface area contributed by atoms with Crippen molar-refractivity contribution in [3.63, 3.8) is 0 Å². The molecule has 1 N–H and O–H groups in total. The van der Waals surface area contributed by atoms with Crippen molar-refractivity contribution in [3.8, 4) is 22.3 Å². The average Bonchev–Trinajstić information content (AvgIpc) is 3.73. The number of aromatic amines is 1. The molecule has 6 rings (SSSR count). The molecule has 0 aliphatic heterocycles. The zero-order valence-corrected chi connectivity index (χ0v) is 26.5. The molecule has 3 aromatic heterocycles. The van der Waals surface area contributed by atoms with Gasteiger partial charge >= 0.3 is 0 Å². The van der Waals surface area contributed by atoms with Gasteiger partial charge in [-0.15, -0.1) is 0 Å². The second kappa shape index (κ2) is 12.2. The Morgan fingerprint density at radius 2 is 1.67 bits per heavy atom. The highest BCUT2D eigenvalue weighted by Gasteiger charge is 2.24. The molecule has 0 radical (unpaired) electrons. The first-order chi connectivity index (χ1) is 21.7. The summed E-state index contributed by atoms with van der Waals surface area (Å²) >= 11 is 0. The van der Waals surface area contributed by atoms with E-state index in [0.717, 1.165) is 45.1 Å². The van der Waals surface area contributed by atoms with E-state index in [9.17, 15) is 13.2 Å². The highest BCUT2D eigenvalue weighted by atomic mass is 32.2. The third-order valence-electron chi connectivity index (χ3n) is 8.11. The molecule has 230 valence electrons. The van der Waals surface area contributed by atoms with Gasteiger partial charge in [0.1, 0.15) is 16.8 Å². The van der Waals surface area contributed by atoms with Gasteiger partial charge in [-0.3, -0.25) is 9.10 Å². The molecule has 3 heterocycles. The smallest absolute Gasteiger partial charge is 0.267 e. The van der Waals surface area contributed by atoms with Crippen LogP contribution in [0.5, 0.6) is 0 Å². The molecular formula is C35H35N5O4S. The summed E-state index contributed by atoms with van der Waals surface area (Å²) in [5.41, 5.74) is 6.44. The van der Waals surface area contributed by atoms with Crippen LogP contribution in [0.3, 0.4) is 0 Å². The van der Waals surface area contributed by atoms with Crippen LogP contribution in [0.25, 0.3) is 44.2 Å². The molecule has 10 heteroatoms. The Labute approximate surface area is 262 Å². The number of fused-ring (bicyclic) bond motifs is 3. The molecule has 0 bridgehead atoms. The lowest BCUT2D eigenvalue weighted by atomic mass is 9.92. The van der Waals surface area contributed by atoms with E-state index in [0.29, 0.717) is 30.0 Å². The van der Waals surface area contributed by atoms with Crippen LogP contribution in [0.2, 0.25) is 0 Å². The van der Waals surface area contributed by atoms with Gasteiger partial charge in [-0.2, -0.15) is 0 Å². The van der Waals surface area contributed by atoms with E-state index < -0.39 is 10.0 Å². The van der Waals surface area contributed by atoms with Crippen LogP contribution in [0.15, 0.2) is 107 Å². The van der Waals surface area contributed by atoms with E-state index in [-0.39, 0.29) is 10.8 Å². The van der Waals surface area contributed by atoms with Crippen molar-refractivity contribution in [2.24, 2.45) is 0 Å². The van der Waals surface area contributed by atoms with E-state index >= 15 is 0 Å². The molecule has 0 atom stereocenters. The van der Waals surface area contributed by atoms with Crippen LogP contribution in [0.4, 0.5) is 5.69 Å². The number of pyridine rings is 1. The molecular weight excluding hydrogens is 586 g/mol. The summed E-state index contributed by atoms with van der Waals surface area (Å²) in [7, 11) is 1.71. The number of rotatable bonds is 10. The highest BCUT2D eigenvalue weighted by molar-refractivity contribution is 7.92. The van der Waals surface area contributed by atoms with E-state index in [4.69, 9.17) is 9.40 Å². The van der Waals surface area contributed by atoms with E-state index in [2.05, 4.69) is 22.0 Å². The van der Waals surface area contributed by atoms with Crippen LogP contribution in [-0.2, 0) is 10.0 Å². The highest BCUT2D eigenvalue weighted by Crippen LogP contribution is 2.41. The molecule has 6 aromatic rings. The second-order valence-electron chi connectivity index (χ2n) is 11.2. The fourth-order valence-electron chi connectivity index (χ4n) is 5.56. The van der Waals surface area contributed by atoms with Crippen molar-refractivity contribution in [2.45, 2.75) is 11.8 Å². The molecule has 0 saturated heterocycles. The molecule has 0 spiro atoms. The Hall–Kier alpha value is -4.93. The quantitative estimate of drug-likeness (QED) is 0.188. The van der Waals surface area contributed by atoms with Gasteiger partial charge in [0.25, 0.3) is 15.9 Å². The van der Waals surface area contributed by atoms with Gasteiger partial charge in [0, 0.05) is 65.9 Å². The Balaban J connectivity index is 1.47. The summed E-state index contributed by atoms with van der Waals surface area (Å²) in [4.78, 5) is 25.5. The number of hydrogen-bond acceptors (Lipinski definition) is 6. The van der Waals surface area contributed by atoms with Crippen LogP contribution < -0.4 is 4.31 Å². The number of carbonyl (C=O) groups is 1. The lowest BCUT2D eigenvalue weighted by Crippen LogP contribution is -2.36. The number of furan rings is 1. The molecule has 9 nitrogen and oxygen atoms in total. The van der Waals surface area contributed by atoms with Crippen molar-refractivity contribution >= 4 is 43.6 Å².